The zero-order valence-corrected chi connectivity index (χ0v) is 13.0. The molecule has 24 heavy (non-hydrogen) atoms. The highest BCUT2D eigenvalue weighted by Crippen LogP contribution is 2.16. The monoisotopic (exact) mass is 335 g/mol. The number of benzene rings is 2. The zero-order chi connectivity index (χ0) is 17.4. The number of hydrogen-bond acceptors (Lipinski definition) is 3. The van der Waals surface area contributed by atoms with Gasteiger partial charge in [-0.3, -0.25) is 4.79 Å². The van der Waals surface area contributed by atoms with Crippen molar-refractivity contribution in [3.8, 4) is 5.75 Å². The Bertz CT molecular complexity index is 642. The minimum Gasteiger partial charge on any atom is -0.435 e. The molecule has 0 bridgehead atoms. The standard InChI is InChI=1S/C18H19F2NO3/c19-18(20)24-16-8-3-13(4-9-16)5-10-17(23)21-15-6-1-14(2-7-15)11-12-22/h1-4,6-9,18,22H,5,10-12H2,(H,21,23). The van der Waals surface area contributed by atoms with E-state index in [4.69, 9.17) is 5.11 Å². The van der Waals surface area contributed by atoms with Gasteiger partial charge in [0, 0.05) is 18.7 Å². The lowest BCUT2D eigenvalue weighted by Crippen LogP contribution is -2.12. The van der Waals surface area contributed by atoms with Crippen LogP contribution in [0.15, 0.2) is 48.5 Å². The second kappa shape index (κ2) is 8.98. The Balaban J connectivity index is 1.80. The smallest absolute Gasteiger partial charge is 0.387 e. The van der Waals surface area contributed by atoms with Gasteiger partial charge in [-0.2, -0.15) is 8.78 Å². The molecule has 2 aromatic carbocycles. The number of aliphatic hydroxyl groups is 1. The maximum Gasteiger partial charge on any atom is 0.387 e. The highest BCUT2D eigenvalue weighted by atomic mass is 19.3. The van der Waals surface area contributed by atoms with Crippen LogP contribution in [0.25, 0.3) is 0 Å². The highest BCUT2D eigenvalue weighted by molar-refractivity contribution is 5.90. The Morgan fingerprint density at radius 3 is 2.17 bits per heavy atom. The fraction of sp³-hybridized carbons (Fsp3) is 0.278. The van der Waals surface area contributed by atoms with E-state index in [1.807, 2.05) is 12.1 Å². The molecule has 2 N–H and O–H groups in total. The van der Waals surface area contributed by atoms with Gasteiger partial charge < -0.3 is 15.2 Å². The molecule has 6 heteroatoms. The SMILES string of the molecule is O=C(CCc1ccc(OC(F)F)cc1)Nc1ccc(CCO)cc1. The number of carbonyl (C=O) groups excluding carboxylic acids is 1. The van der Waals surface area contributed by atoms with Crippen LogP contribution in [0.3, 0.4) is 0 Å². The van der Waals surface area contributed by atoms with E-state index in [-0.39, 0.29) is 24.7 Å². The number of nitrogens with one attached hydrogen (secondary N) is 1. The third-order valence-corrected chi connectivity index (χ3v) is 3.43. The van der Waals surface area contributed by atoms with Gasteiger partial charge in [-0.25, -0.2) is 0 Å². The second-order valence-electron chi connectivity index (χ2n) is 5.24. The Morgan fingerprint density at radius 1 is 1.00 bits per heavy atom. The second-order valence-corrected chi connectivity index (χ2v) is 5.24. The van der Waals surface area contributed by atoms with Crippen molar-refractivity contribution in [3.63, 3.8) is 0 Å². The molecule has 128 valence electrons. The van der Waals surface area contributed by atoms with Crippen molar-refractivity contribution in [1.29, 1.82) is 0 Å². The Hall–Kier alpha value is -2.47. The number of ether oxygens (including phenoxy) is 1. The fourth-order valence-electron chi connectivity index (χ4n) is 2.20. The summed E-state index contributed by atoms with van der Waals surface area (Å²) in [5, 5.41) is 11.7. The van der Waals surface area contributed by atoms with Crippen molar-refractivity contribution >= 4 is 11.6 Å². The third-order valence-electron chi connectivity index (χ3n) is 3.43. The minimum atomic E-state index is -2.84. The maximum absolute atomic E-state index is 12.1. The summed E-state index contributed by atoms with van der Waals surface area (Å²) in [5.74, 6) is -0.0287. The topological polar surface area (TPSA) is 58.6 Å². The largest absolute Gasteiger partial charge is 0.435 e. The van der Waals surface area contributed by atoms with E-state index in [9.17, 15) is 13.6 Å². The Kier molecular flexibility index (Phi) is 6.69. The van der Waals surface area contributed by atoms with E-state index in [1.54, 1.807) is 24.3 Å². The molecule has 0 radical (unpaired) electrons. The van der Waals surface area contributed by atoms with Crippen LogP contribution in [-0.4, -0.2) is 24.2 Å². The van der Waals surface area contributed by atoms with Crippen molar-refractivity contribution in [2.45, 2.75) is 25.9 Å². The molecule has 0 saturated carbocycles. The zero-order valence-electron chi connectivity index (χ0n) is 13.0. The van der Waals surface area contributed by atoms with Gasteiger partial charge in [0.25, 0.3) is 0 Å². The van der Waals surface area contributed by atoms with Gasteiger partial charge in [-0.05, 0) is 48.2 Å². The molecule has 0 aliphatic carbocycles. The molecule has 0 atom stereocenters. The molecule has 0 aliphatic rings. The number of amides is 1. The summed E-state index contributed by atoms with van der Waals surface area (Å²) in [4.78, 5) is 11.9. The van der Waals surface area contributed by atoms with Crippen molar-refractivity contribution in [3.05, 3.63) is 59.7 Å². The van der Waals surface area contributed by atoms with Crippen LogP contribution < -0.4 is 10.1 Å². The van der Waals surface area contributed by atoms with Crippen molar-refractivity contribution in [2.24, 2.45) is 0 Å². The molecule has 0 aromatic heterocycles. The fourth-order valence-corrected chi connectivity index (χ4v) is 2.20. The van der Waals surface area contributed by atoms with E-state index < -0.39 is 6.61 Å². The number of halogens is 2. The lowest BCUT2D eigenvalue weighted by molar-refractivity contribution is -0.116. The first-order valence-electron chi connectivity index (χ1n) is 7.60. The summed E-state index contributed by atoms with van der Waals surface area (Å²) in [7, 11) is 0. The normalized spacial score (nSPS) is 10.7. The van der Waals surface area contributed by atoms with Gasteiger partial charge in [0.2, 0.25) is 5.91 Å². The minimum absolute atomic E-state index is 0.0901. The van der Waals surface area contributed by atoms with Crippen LogP contribution in [0.4, 0.5) is 14.5 Å². The summed E-state index contributed by atoms with van der Waals surface area (Å²) < 4.78 is 28.4. The van der Waals surface area contributed by atoms with E-state index in [2.05, 4.69) is 10.1 Å². The van der Waals surface area contributed by atoms with E-state index in [1.165, 1.54) is 12.1 Å². The predicted molar refractivity (Wildman–Crippen MR) is 87.3 cm³/mol. The number of alkyl halides is 2. The molecule has 4 nitrogen and oxygen atoms in total. The molecule has 0 fully saturated rings. The van der Waals surface area contributed by atoms with Crippen LogP contribution >= 0.6 is 0 Å². The molecule has 1 amide bonds. The third kappa shape index (κ3) is 5.96. The highest BCUT2D eigenvalue weighted by Gasteiger charge is 2.06. The molecular weight excluding hydrogens is 316 g/mol. The number of rotatable bonds is 8. The number of aryl methyl sites for hydroxylation is 1. The van der Waals surface area contributed by atoms with Crippen LogP contribution in [0.2, 0.25) is 0 Å². The number of carbonyl (C=O) groups is 1. The van der Waals surface area contributed by atoms with Crippen molar-refractivity contribution < 1.29 is 23.4 Å². The predicted octanol–water partition coefficient (Wildman–Crippen LogP) is 3.39. The lowest BCUT2D eigenvalue weighted by atomic mass is 10.1. The summed E-state index contributed by atoms with van der Waals surface area (Å²) >= 11 is 0. The number of anilines is 1. The Morgan fingerprint density at radius 2 is 1.58 bits per heavy atom. The number of aliphatic hydroxyl groups excluding tert-OH is 1. The molecular formula is C18H19F2NO3. The Labute approximate surface area is 139 Å². The van der Waals surface area contributed by atoms with Gasteiger partial charge in [-0.1, -0.05) is 24.3 Å². The maximum atomic E-state index is 12.1. The van der Waals surface area contributed by atoms with Gasteiger partial charge in [0.05, 0.1) is 0 Å². The van der Waals surface area contributed by atoms with Gasteiger partial charge in [-0.15, -0.1) is 0 Å². The van der Waals surface area contributed by atoms with Crippen molar-refractivity contribution in [1.82, 2.24) is 0 Å². The average Bonchev–Trinajstić information content (AvgIpc) is 2.56. The molecule has 2 aromatic rings. The summed E-state index contributed by atoms with van der Waals surface area (Å²) in [6.07, 6.45) is 1.37. The summed E-state index contributed by atoms with van der Waals surface area (Å²) in [6, 6.07) is 13.5. The van der Waals surface area contributed by atoms with Crippen LogP contribution in [0.5, 0.6) is 5.75 Å². The van der Waals surface area contributed by atoms with Crippen LogP contribution in [0.1, 0.15) is 17.5 Å². The van der Waals surface area contributed by atoms with E-state index >= 15 is 0 Å². The summed E-state index contributed by atoms with van der Waals surface area (Å²) in [5.41, 5.74) is 2.56. The van der Waals surface area contributed by atoms with Gasteiger partial charge >= 0.3 is 6.61 Å². The lowest BCUT2D eigenvalue weighted by Gasteiger charge is -2.07. The van der Waals surface area contributed by atoms with Gasteiger partial charge in [0.15, 0.2) is 0 Å². The van der Waals surface area contributed by atoms with E-state index in [0.717, 1.165) is 11.1 Å². The molecule has 0 heterocycles. The first kappa shape index (κ1) is 17.9. The van der Waals surface area contributed by atoms with Crippen LogP contribution in [0, 0.1) is 0 Å². The quantitative estimate of drug-likeness (QED) is 0.777. The van der Waals surface area contributed by atoms with Crippen molar-refractivity contribution in [2.75, 3.05) is 11.9 Å². The molecule has 0 unspecified atom stereocenters. The van der Waals surface area contributed by atoms with Crippen LogP contribution in [-0.2, 0) is 17.6 Å². The van der Waals surface area contributed by atoms with Gasteiger partial charge in [0.1, 0.15) is 5.75 Å². The molecule has 0 spiro atoms. The van der Waals surface area contributed by atoms with E-state index in [0.29, 0.717) is 18.5 Å². The summed E-state index contributed by atoms with van der Waals surface area (Å²) in [6.45, 7) is -2.75. The molecule has 2 rings (SSSR count). The average molecular weight is 335 g/mol. The first-order valence-corrected chi connectivity index (χ1v) is 7.60. The number of hydrogen-bond donors (Lipinski definition) is 2. The molecule has 0 aliphatic heterocycles. The first-order chi connectivity index (χ1) is 11.6. The molecule has 0 saturated heterocycles.